The lowest BCUT2D eigenvalue weighted by molar-refractivity contribution is -0.150. The van der Waals surface area contributed by atoms with Crippen LogP contribution in [0.1, 0.15) is 36.2 Å². The summed E-state index contributed by atoms with van der Waals surface area (Å²) >= 11 is 5.92. The van der Waals surface area contributed by atoms with Gasteiger partial charge in [-0.25, -0.2) is 4.79 Å². The molecule has 0 aliphatic rings. The van der Waals surface area contributed by atoms with Crippen LogP contribution in [0.15, 0.2) is 42.5 Å². The van der Waals surface area contributed by atoms with Crippen molar-refractivity contribution < 1.29 is 19.1 Å². The molecular formula is C20H22ClNO4. The number of carbonyl (C=O) groups excluding carboxylic acids is 2. The summed E-state index contributed by atoms with van der Waals surface area (Å²) in [5.41, 5.74) is 2.06. The molecule has 2 rings (SSSR count). The van der Waals surface area contributed by atoms with Gasteiger partial charge in [0, 0.05) is 16.3 Å². The Morgan fingerprint density at radius 2 is 1.85 bits per heavy atom. The molecular weight excluding hydrogens is 354 g/mol. The molecule has 0 bridgehead atoms. The minimum Gasteiger partial charge on any atom is -0.482 e. The minimum atomic E-state index is -0.417. The molecule has 0 fully saturated rings. The Balaban J connectivity index is 1.92. The van der Waals surface area contributed by atoms with Gasteiger partial charge in [0.2, 0.25) is 0 Å². The Bertz CT molecular complexity index is 774. The number of amides is 1. The third-order valence-corrected chi connectivity index (χ3v) is 4.05. The molecule has 2 aromatic rings. The van der Waals surface area contributed by atoms with Crippen molar-refractivity contribution in [1.82, 2.24) is 0 Å². The Kier molecular flexibility index (Phi) is 7.04. The predicted octanol–water partition coefficient (Wildman–Crippen LogP) is 4.62. The van der Waals surface area contributed by atoms with Crippen molar-refractivity contribution in [2.24, 2.45) is 0 Å². The SMILES string of the molecule is CCC(C)OC(=O)COc1ccc(C(=O)Nc2ccc(Cl)cc2C)cc1. The van der Waals surface area contributed by atoms with Gasteiger partial charge in [-0.05, 0) is 68.3 Å². The Morgan fingerprint density at radius 1 is 1.15 bits per heavy atom. The summed E-state index contributed by atoms with van der Waals surface area (Å²) in [5, 5.41) is 3.46. The second-order valence-electron chi connectivity index (χ2n) is 5.94. The molecule has 1 unspecified atom stereocenters. The molecule has 0 spiro atoms. The summed E-state index contributed by atoms with van der Waals surface area (Å²) < 4.78 is 10.5. The van der Waals surface area contributed by atoms with E-state index in [9.17, 15) is 9.59 Å². The molecule has 0 radical (unpaired) electrons. The van der Waals surface area contributed by atoms with Crippen molar-refractivity contribution in [2.75, 3.05) is 11.9 Å². The first-order chi connectivity index (χ1) is 12.4. The number of aryl methyl sites for hydroxylation is 1. The number of hydrogen-bond acceptors (Lipinski definition) is 4. The van der Waals surface area contributed by atoms with E-state index in [0.29, 0.717) is 22.0 Å². The van der Waals surface area contributed by atoms with E-state index in [1.165, 1.54) is 0 Å². The third kappa shape index (κ3) is 5.77. The molecule has 5 nitrogen and oxygen atoms in total. The Morgan fingerprint density at radius 3 is 2.46 bits per heavy atom. The minimum absolute atomic E-state index is 0.131. The van der Waals surface area contributed by atoms with Crippen molar-refractivity contribution in [3.05, 3.63) is 58.6 Å². The zero-order valence-electron chi connectivity index (χ0n) is 15.0. The molecule has 6 heteroatoms. The van der Waals surface area contributed by atoms with E-state index >= 15 is 0 Å². The van der Waals surface area contributed by atoms with Crippen LogP contribution in [0.25, 0.3) is 0 Å². The fourth-order valence-corrected chi connectivity index (χ4v) is 2.38. The number of halogens is 1. The van der Waals surface area contributed by atoms with Crippen molar-refractivity contribution >= 4 is 29.2 Å². The van der Waals surface area contributed by atoms with Gasteiger partial charge < -0.3 is 14.8 Å². The van der Waals surface area contributed by atoms with Crippen LogP contribution in [0, 0.1) is 6.92 Å². The number of rotatable bonds is 7. The van der Waals surface area contributed by atoms with Crippen LogP contribution >= 0.6 is 11.6 Å². The van der Waals surface area contributed by atoms with E-state index in [0.717, 1.165) is 12.0 Å². The molecule has 0 saturated heterocycles. The number of carbonyl (C=O) groups is 2. The second kappa shape index (κ2) is 9.25. The van der Waals surface area contributed by atoms with Crippen LogP contribution in [0.4, 0.5) is 5.69 Å². The van der Waals surface area contributed by atoms with Crippen LogP contribution in [-0.4, -0.2) is 24.6 Å². The van der Waals surface area contributed by atoms with Gasteiger partial charge in [0.25, 0.3) is 5.91 Å². The fourth-order valence-electron chi connectivity index (χ4n) is 2.15. The molecule has 1 atom stereocenters. The molecule has 26 heavy (non-hydrogen) atoms. The highest BCUT2D eigenvalue weighted by molar-refractivity contribution is 6.30. The molecule has 2 aromatic carbocycles. The maximum atomic E-state index is 12.3. The first-order valence-corrected chi connectivity index (χ1v) is 8.76. The first kappa shape index (κ1) is 19.8. The zero-order valence-corrected chi connectivity index (χ0v) is 15.8. The number of ether oxygens (including phenoxy) is 2. The van der Waals surface area contributed by atoms with E-state index in [2.05, 4.69) is 5.32 Å². The molecule has 1 amide bonds. The molecule has 0 aliphatic carbocycles. The summed E-state index contributed by atoms with van der Waals surface area (Å²) in [6, 6.07) is 11.8. The summed E-state index contributed by atoms with van der Waals surface area (Å²) in [5.74, 6) is -0.164. The van der Waals surface area contributed by atoms with Crippen molar-refractivity contribution in [2.45, 2.75) is 33.3 Å². The highest BCUT2D eigenvalue weighted by Crippen LogP contribution is 2.21. The van der Waals surface area contributed by atoms with Crippen LogP contribution in [0.2, 0.25) is 5.02 Å². The summed E-state index contributed by atoms with van der Waals surface area (Å²) in [7, 11) is 0. The van der Waals surface area contributed by atoms with Crippen LogP contribution in [0.5, 0.6) is 5.75 Å². The summed E-state index contributed by atoms with van der Waals surface area (Å²) in [6.45, 7) is 5.47. The second-order valence-corrected chi connectivity index (χ2v) is 6.37. The van der Waals surface area contributed by atoms with Gasteiger partial charge in [-0.15, -0.1) is 0 Å². The van der Waals surface area contributed by atoms with E-state index in [1.807, 2.05) is 20.8 Å². The average molecular weight is 376 g/mol. The standard InChI is InChI=1S/C20H22ClNO4/c1-4-14(3)26-19(23)12-25-17-8-5-15(6-9-17)20(24)22-18-10-7-16(21)11-13(18)2/h5-11,14H,4,12H2,1-3H3,(H,22,24). The van der Waals surface area contributed by atoms with E-state index < -0.39 is 5.97 Å². The number of benzene rings is 2. The smallest absolute Gasteiger partial charge is 0.344 e. The number of hydrogen-bond donors (Lipinski definition) is 1. The lowest BCUT2D eigenvalue weighted by Crippen LogP contribution is -2.20. The highest BCUT2D eigenvalue weighted by Gasteiger charge is 2.10. The lowest BCUT2D eigenvalue weighted by atomic mass is 10.1. The van der Waals surface area contributed by atoms with Crippen LogP contribution < -0.4 is 10.1 Å². The monoisotopic (exact) mass is 375 g/mol. The van der Waals surface area contributed by atoms with Crippen molar-refractivity contribution in [3.8, 4) is 5.75 Å². The Hall–Kier alpha value is -2.53. The van der Waals surface area contributed by atoms with E-state index in [-0.39, 0.29) is 18.6 Å². The molecule has 138 valence electrons. The van der Waals surface area contributed by atoms with Gasteiger partial charge in [0.05, 0.1) is 6.10 Å². The maximum Gasteiger partial charge on any atom is 0.344 e. The highest BCUT2D eigenvalue weighted by atomic mass is 35.5. The molecule has 0 saturated carbocycles. The number of nitrogens with one attached hydrogen (secondary N) is 1. The predicted molar refractivity (Wildman–Crippen MR) is 102 cm³/mol. The topological polar surface area (TPSA) is 64.6 Å². The summed E-state index contributed by atoms with van der Waals surface area (Å²) in [6.07, 6.45) is 0.622. The van der Waals surface area contributed by atoms with Gasteiger partial charge in [-0.1, -0.05) is 18.5 Å². The molecule has 1 N–H and O–H groups in total. The van der Waals surface area contributed by atoms with E-state index in [1.54, 1.807) is 42.5 Å². The number of anilines is 1. The summed E-state index contributed by atoms with van der Waals surface area (Å²) in [4.78, 5) is 23.9. The Labute approximate surface area is 158 Å². The quantitative estimate of drug-likeness (QED) is 0.717. The van der Waals surface area contributed by atoms with Crippen LogP contribution in [-0.2, 0) is 9.53 Å². The number of esters is 1. The lowest BCUT2D eigenvalue weighted by Gasteiger charge is -2.12. The first-order valence-electron chi connectivity index (χ1n) is 8.39. The van der Waals surface area contributed by atoms with Crippen molar-refractivity contribution in [1.29, 1.82) is 0 Å². The normalized spacial score (nSPS) is 11.5. The molecule has 0 aromatic heterocycles. The van der Waals surface area contributed by atoms with Gasteiger partial charge in [0.15, 0.2) is 6.61 Å². The molecule has 0 heterocycles. The van der Waals surface area contributed by atoms with Gasteiger partial charge in [-0.2, -0.15) is 0 Å². The molecule has 0 aliphatic heterocycles. The maximum absolute atomic E-state index is 12.3. The zero-order chi connectivity index (χ0) is 19.1. The van der Waals surface area contributed by atoms with Gasteiger partial charge >= 0.3 is 5.97 Å². The fraction of sp³-hybridized carbons (Fsp3) is 0.300. The van der Waals surface area contributed by atoms with Gasteiger partial charge in [-0.3, -0.25) is 4.79 Å². The third-order valence-electron chi connectivity index (χ3n) is 3.82. The van der Waals surface area contributed by atoms with Gasteiger partial charge in [0.1, 0.15) is 5.75 Å². The largest absolute Gasteiger partial charge is 0.482 e. The van der Waals surface area contributed by atoms with Crippen molar-refractivity contribution in [3.63, 3.8) is 0 Å². The van der Waals surface area contributed by atoms with Crippen LogP contribution in [0.3, 0.4) is 0 Å². The van der Waals surface area contributed by atoms with E-state index in [4.69, 9.17) is 21.1 Å². The average Bonchev–Trinajstić information content (AvgIpc) is 2.62.